The number of rotatable bonds is 9. The highest BCUT2D eigenvalue weighted by Crippen LogP contribution is 2.36. The van der Waals surface area contributed by atoms with Gasteiger partial charge in [-0.2, -0.15) is 5.10 Å². The van der Waals surface area contributed by atoms with Gasteiger partial charge >= 0.3 is 6.03 Å². The highest BCUT2D eigenvalue weighted by atomic mass is 16.5. The van der Waals surface area contributed by atoms with Gasteiger partial charge in [0.15, 0.2) is 0 Å². The van der Waals surface area contributed by atoms with Crippen molar-refractivity contribution in [2.45, 2.75) is 52.4 Å². The topological polar surface area (TPSA) is 112 Å². The van der Waals surface area contributed by atoms with Crippen LogP contribution in [0.1, 0.15) is 49.6 Å². The average molecular weight is 575 g/mol. The minimum atomic E-state index is -0.323. The zero-order valence-electron chi connectivity index (χ0n) is 25.1. The molecule has 3 aromatic rings. The predicted molar refractivity (Wildman–Crippen MR) is 164 cm³/mol. The van der Waals surface area contributed by atoms with E-state index in [2.05, 4.69) is 36.3 Å². The molecule has 10 nitrogen and oxygen atoms in total. The number of piperazine rings is 1. The summed E-state index contributed by atoms with van der Waals surface area (Å²) >= 11 is 0. The van der Waals surface area contributed by atoms with E-state index < -0.39 is 0 Å². The summed E-state index contributed by atoms with van der Waals surface area (Å²) < 4.78 is 7.96. The summed E-state index contributed by atoms with van der Waals surface area (Å²) in [6.07, 6.45) is 2.77. The molecular weight excluding hydrogens is 532 g/mol. The Kier molecular flexibility index (Phi) is 8.84. The largest absolute Gasteiger partial charge is 0.492 e. The Labute approximate surface area is 247 Å². The number of hydrogen-bond donors (Lipinski definition) is 3. The third-order valence-electron chi connectivity index (χ3n) is 7.92. The fourth-order valence-electron chi connectivity index (χ4n) is 5.50. The van der Waals surface area contributed by atoms with E-state index in [1.54, 1.807) is 9.58 Å². The standard InChI is InChI=1S/C32H42N6O4/c1-22-8-10-23(11-9-22)38-29(20-28(35-38)32(2,3)4)34-31(41)33-26-12-13-27(25-7-5-6-24(25)26)42-19-17-36-14-15-37(16-18-39)30(40)21-36/h8-13,20,39H,5-7,14-19,21H2,1-4H3,(H2,33,34,41). The normalized spacial score (nSPS) is 15.5. The van der Waals surface area contributed by atoms with Gasteiger partial charge < -0.3 is 20.1 Å². The van der Waals surface area contributed by atoms with E-state index in [0.717, 1.165) is 65.3 Å². The van der Waals surface area contributed by atoms with Crippen LogP contribution in [0.15, 0.2) is 42.5 Å². The molecule has 224 valence electrons. The monoisotopic (exact) mass is 574 g/mol. The number of amides is 3. The Balaban J connectivity index is 1.24. The van der Waals surface area contributed by atoms with Crippen molar-refractivity contribution in [3.05, 3.63) is 64.8 Å². The lowest BCUT2D eigenvalue weighted by Gasteiger charge is -2.33. The zero-order valence-corrected chi connectivity index (χ0v) is 25.1. The third-order valence-corrected chi connectivity index (χ3v) is 7.92. The number of aliphatic hydroxyl groups is 1. The molecular formula is C32H42N6O4. The molecule has 1 aromatic heterocycles. The maximum absolute atomic E-state index is 13.3. The van der Waals surface area contributed by atoms with Gasteiger partial charge in [0.05, 0.1) is 24.5 Å². The van der Waals surface area contributed by atoms with Gasteiger partial charge in [-0.25, -0.2) is 9.48 Å². The number of aryl methyl sites for hydroxylation is 1. The average Bonchev–Trinajstić information content (AvgIpc) is 3.60. The van der Waals surface area contributed by atoms with Crippen molar-refractivity contribution in [1.82, 2.24) is 19.6 Å². The molecule has 0 atom stereocenters. The Hall–Kier alpha value is -3.89. The maximum atomic E-state index is 13.3. The van der Waals surface area contributed by atoms with Crippen LogP contribution < -0.4 is 15.4 Å². The molecule has 1 aliphatic heterocycles. The fraction of sp³-hybridized carbons (Fsp3) is 0.469. The summed E-state index contributed by atoms with van der Waals surface area (Å²) in [4.78, 5) is 29.3. The molecule has 1 aliphatic carbocycles. The van der Waals surface area contributed by atoms with E-state index >= 15 is 0 Å². The Morgan fingerprint density at radius 3 is 2.50 bits per heavy atom. The number of benzene rings is 2. The van der Waals surface area contributed by atoms with Crippen LogP contribution in [0.3, 0.4) is 0 Å². The summed E-state index contributed by atoms with van der Waals surface area (Å²) in [5.41, 5.74) is 5.78. The van der Waals surface area contributed by atoms with Crippen LogP contribution >= 0.6 is 0 Å². The molecule has 0 saturated carbocycles. The SMILES string of the molecule is Cc1ccc(-n2nc(C(C)(C)C)cc2NC(=O)Nc2ccc(OCCN3CCN(CCO)C(=O)C3)c3c2CCC3)cc1. The van der Waals surface area contributed by atoms with Crippen LogP contribution in [0, 0.1) is 6.92 Å². The van der Waals surface area contributed by atoms with Crippen LogP contribution in [0.2, 0.25) is 0 Å². The number of urea groups is 1. The molecule has 1 saturated heterocycles. The maximum Gasteiger partial charge on any atom is 0.324 e. The van der Waals surface area contributed by atoms with Crippen molar-refractivity contribution in [3.63, 3.8) is 0 Å². The van der Waals surface area contributed by atoms with Gasteiger partial charge in [-0.05, 0) is 61.6 Å². The van der Waals surface area contributed by atoms with Crippen molar-refractivity contribution in [3.8, 4) is 11.4 Å². The van der Waals surface area contributed by atoms with Crippen molar-refractivity contribution in [1.29, 1.82) is 0 Å². The van der Waals surface area contributed by atoms with Crippen molar-refractivity contribution >= 4 is 23.4 Å². The number of carbonyl (C=O) groups excluding carboxylic acids is 2. The quantitative estimate of drug-likeness (QED) is 0.355. The van der Waals surface area contributed by atoms with Gasteiger partial charge in [-0.1, -0.05) is 38.5 Å². The Morgan fingerprint density at radius 2 is 1.79 bits per heavy atom. The number of aromatic nitrogens is 2. The van der Waals surface area contributed by atoms with E-state index in [1.165, 1.54) is 0 Å². The van der Waals surface area contributed by atoms with Crippen LogP contribution in [-0.4, -0.2) is 82.6 Å². The molecule has 2 aromatic carbocycles. The smallest absolute Gasteiger partial charge is 0.324 e. The molecule has 0 spiro atoms. The van der Waals surface area contributed by atoms with Gasteiger partial charge in [-0.3, -0.25) is 15.0 Å². The van der Waals surface area contributed by atoms with Crippen LogP contribution in [0.5, 0.6) is 5.75 Å². The molecule has 10 heteroatoms. The number of carbonyl (C=O) groups is 2. The van der Waals surface area contributed by atoms with Crippen molar-refractivity contribution in [2.75, 3.05) is 56.6 Å². The second kappa shape index (κ2) is 12.5. The number of β-amino-alcohol motifs (C(OH)–C–C–N with tert-alkyl or cyclic N) is 1. The molecule has 0 unspecified atom stereocenters. The van der Waals surface area contributed by atoms with E-state index in [4.69, 9.17) is 14.9 Å². The Morgan fingerprint density at radius 1 is 1.02 bits per heavy atom. The van der Waals surface area contributed by atoms with Gasteiger partial charge in [0.25, 0.3) is 0 Å². The number of nitrogens with zero attached hydrogens (tertiary/aromatic N) is 4. The molecule has 0 radical (unpaired) electrons. The minimum Gasteiger partial charge on any atom is -0.492 e. The van der Waals surface area contributed by atoms with Crippen LogP contribution in [0.4, 0.5) is 16.3 Å². The van der Waals surface area contributed by atoms with E-state index in [-0.39, 0.29) is 24.0 Å². The molecule has 2 heterocycles. The molecule has 1 fully saturated rings. The van der Waals surface area contributed by atoms with Gasteiger partial charge in [0, 0.05) is 43.3 Å². The minimum absolute atomic E-state index is 0.0112. The summed E-state index contributed by atoms with van der Waals surface area (Å²) in [5.74, 6) is 1.49. The molecule has 42 heavy (non-hydrogen) atoms. The van der Waals surface area contributed by atoms with Crippen LogP contribution in [0.25, 0.3) is 5.69 Å². The number of nitrogens with one attached hydrogen (secondary N) is 2. The van der Waals surface area contributed by atoms with E-state index in [0.29, 0.717) is 38.6 Å². The summed E-state index contributed by atoms with van der Waals surface area (Å²) in [5, 5.41) is 20.0. The number of anilines is 2. The molecule has 3 amide bonds. The van der Waals surface area contributed by atoms with Crippen LogP contribution in [-0.2, 0) is 23.1 Å². The Bertz CT molecular complexity index is 1430. The molecule has 2 aliphatic rings. The predicted octanol–water partition coefficient (Wildman–Crippen LogP) is 4.13. The lowest BCUT2D eigenvalue weighted by atomic mass is 9.92. The third kappa shape index (κ3) is 6.77. The highest BCUT2D eigenvalue weighted by molar-refractivity contribution is 6.00. The molecule has 0 bridgehead atoms. The second-order valence-corrected chi connectivity index (χ2v) is 12.1. The first kappa shape index (κ1) is 29.6. The summed E-state index contributed by atoms with van der Waals surface area (Å²) in [6.45, 7) is 11.6. The molecule has 5 rings (SSSR count). The number of fused-ring (bicyclic) bond motifs is 1. The first-order valence-corrected chi connectivity index (χ1v) is 14.8. The highest BCUT2D eigenvalue weighted by Gasteiger charge is 2.25. The molecule has 3 N–H and O–H groups in total. The van der Waals surface area contributed by atoms with Gasteiger partial charge in [-0.15, -0.1) is 0 Å². The lowest BCUT2D eigenvalue weighted by molar-refractivity contribution is -0.136. The first-order chi connectivity index (χ1) is 20.1. The lowest BCUT2D eigenvalue weighted by Crippen LogP contribution is -2.51. The van der Waals surface area contributed by atoms with Gasteiger partial charge in [0.1, 0.15) is 18.2 Å². The number of ether oxygens (including phenoxy) is 1. The zero-order chi connectivity index (χ0) is 29.9. The number of hydrogen-bond acceptors (Lipinski definition) is 6. The first-order valence-electron chi connectivity index (χ1n) is 14.8. The van der Waals surface area contributed by atoms with Gasteiger partial charge in [0.2, 0.25) is 5.91 Å². The summed E-state index contributed by atoms with van der Waals surface area (Å²) in [6, 6.07) is 13.5. The number of aliphatic hydroxyl groups excluding tert-OH is 1. The second-order valence-electron chi connectivity index (χ2n) is 12.1. The van der Waals surface area contributed by atoms with Crippen molar-refractivity contribution in [2.24, 2.45) is 0 Å². The van der Waals surface area contributed by atoms with E-state index in [9.17, 15) is 9.59 Å². The fourth-order valence-corrected chi connectivity index (χ4v) is 5.50. The van der Waals surface area contributed by atoms with E-state index in [1.807, 2.05) is 49.4 Å². The summed E-state index contributed by atoms with van der Waals surface area (Å²) in [7, 11) is 0. The van der Waals surface area contributed by atoms with Crippen molar-refractivity contribution < 1.29 is 19.4 Å².